The van der Waals surface area contributed by atoms with Crippen LogP contribution in [0.1, 0.15) is 31.3 Å². The average molecular weight is 339 g/mol. The number of anilines is 2. The maximum Gasteiger partial charge on any atom is 0.219 e. The molecule has 1 unspecified atom stereocenters. The zero-order chi connectivity index (χ0) is 17.8. The van der Waals surface area contributed by atoms with Crippen molar-refractivity contribution in [3.8, 4) is 0 Å². The van der Waals surface area contributed by atoms with E-state index in [0.717, 1.165) is 43.6 Å². The van der Waals surface area contributed by atoms with Crippen LogP contribution in [-0.2, 0) is 4.79 Å². The van der Waals surface area contributed by atoms with E-state index in [1.807, 2.05) is 36.1 Å². The number of nitrogens with zero attached hydrogens (tertiary/aromatic N) is 4. The van der Waals surface area contributed by atoms with Gasteiger partial charge in [0.05, 0.1) is 0 Å². The number of nitrogens with one attached hydrogen (secondary N) is 1. The van der Waals surface area contributed by atoms with Crippen molar-refractivity contribution in [3.63, 3.8) is 0 Å². The molecular weight excluding hydrogens is 314 g/mol. The number of hydrogen-bond acceptors (Lipinski definition) is 5. The number of piperazine rings is 1. The number of benzene rings is 1. The van der Waals surface area contributed by atoms with Gasteiger partial charge in [-0.1, -0.05) is 30.3 Å². The summed E-state index contributed by atoms with van der Waals surface area (Å²) >= 11 is 0. The monoisotopic (exact) mass is 339 g/mol. The van der Waals surface area contributed by atoms with E-state index in [1.54, 1.807) is 6.92 Å². The van der Waals surface area contributed by atoms with E-state index in [9.17, 15) is 4.79 Å². The Bertz CT molecular complexity index is 726. The highest BCUT2D eigenvalue weighted by atomic mass is 16.2. The van der Waals surface area contributed by atoms with Crippen molar-refractivity contribution in [2.45, 2.75) is 26.8 Å². The van der Waals surface area contributed by atoms with Gasteiger partial charge in [0.25, 0.3) is 0 Å². The van der Waals surface area contributed by atoms with Crippen molar-refractivity contribution < 1.29 is 4.79 Å². The fourth-order valence-electron chi connectivity index (χ4n) is 3.09. The molecular formula is C19H25N5O. The molecule has 1 amide bonds. The van der Waals surface area contributed by atoms with E-state index in [0.29, 0.717) is 0 Å². The first kappa shape index (κ1) is 17.2. The van der Waals surface area contributed by atoms with Crippen LogP contribution in [0.25, 0.3) is 0 Å². The molecule has 1 aliphatic rings. The van der Waals surface area contributed by atoms with Gasteiger partial charge >= 0.3 is 0 Å². The molecule has 1 saturated heterocycles. The molecule has 1 atom stereocenters. The van der Waals surface area contributed by atoms with Gasteiger partial charge in [-0.3, -0.25) is 4.79 Å². The minimum absolute atomic E-state index is 0.137. The Morgan fingerprint density at radius 1 is 1.12 bits per heavy atom. The summed E-state index contributed by atoms with van der Waals surface area (Å²) < 4.78 is 0. The molecule has 6 heteroatoms. The number of amides is 1. The predicted octanol–water partition coefficient (Wildman–Crippen LogP) is 2.63. The molecule has 1 aromatic heterocycles. The van der Waals surface area contributed by atoms with Gasteiger partial charge in [0, 0.05) is 45.2 Å². The topological polar surface area (TPSA) is 61.4 Å². The van der Waals surface area contributed by atoms with E-state index in [1.165, 1.54) is 5.56 Å². The standard InChI is InChI=1S/C19H25N5O/c1-14(17-7-5-4-6-8-17)20-18-13-19(22-15(2)21-18)24-11-9-23(10-12-24)16(3)25/h4-8,13-14H,9-12H2,1-3H3,(H,20,21,22). The molecule has 1 N–H and O–H groups in total. The van der Waals surface area contributed by atoms with E-state index in [2.05, 4.69) is 39.2 Å². The lowest BCUT2D eigenvalue weighted by atomic mass is 10.1. The average Bonchev–Trinajstić information content (AvgIpc) is 2.62. The maximum atomic E-state index is 11.5. The summed E-state index contributed by atoms with van der Waals surface area (Å²) in [6.45, 7) is 8.72. The van der Waals surface area contributed by atoms with Crippen LogP contribution in [0, 0.1) is 6.92 Å². The highest BCUT2D eigenvalue weighted by molar-refractivity contribution is 5.73. The second kappa shape index (κ2) is 7.51. The minimum Gasteiger partial charge on any atom is -0.363 e. The third-order valence-corrected chi connectivity index (χ3v) is 4.54. The number of carbonyl (C=O) groups excluding carboxylic acids is 1. The smallest absolute Gasteiger partial charge is 0.219 e. The van der Waals surface area contributed by atoms with Gasteiger partial charge in [0.2, 0.25) is 5.91 Å². The van der Waals surface area contributed by atoms with Gasteiger partial charge in [-0.25, -0.2) is 9.97 Å². The molecule has 0 spiro atoms. The van der Waals surface area contributed by atoms with Crippen molar-refractivity contribution >= 4 is 17.5 Å². The largest absolute Gasteiger partial charge is 0.363 e. The van der Waals surface area contributed by atoms with E-state index < -0.39 is 0 Å². The molecule has 1 aliphatic heterocycles. The number of aromatic nitrogens is 2. The highest BCUT2D eigenvalue weighted by Crippen LogP contribution is 2.22. The van der Waals surface area contributed by atoms with Crippen molar-refractivity contribution in [1.82, 2.24) is 14.9 Å². The lowest BCUT2D eigenvalue weighted by Crippen LogP contribution is -2.48. The molecule has 0 saturated carbocycles. The van der Waals surface area contributed by atoms with Gasteiger partial charge in [0.1, 0.15) is 17.5 Å². The Kier molecular flexibility index (Phi) is 5.16. The van der Waals surface area contributed by atoms with Gasteiger partial charge < -0.3 is 15.1 Å². The van der Waals surface area contributed by atoms with Crippen LogP contribution in [0.2, 0.25) is 0 Å². The first-order valence-corrected chi connectivity index (χ1v) is 8.70. The molecule has 3 rings (SSSR count). The summed E-state index contributed by atoms with van der Waals surface area (Å²) in [4.78, 5) is 24.7. The third-order valence-electron chi connectivity index (χ3n) is 4.54. The molecule has 1 aromatic carbocycles. The second-order valence-electron chi connectivity index (χ2n) is 6.43. The Hall–Kier alpha value is -2.63. The van der Waals surface area contributed by atoms with Crippen molar-refractivity contribution in [2.75, 3.05) is 36.4 Å². The normalized spacial score (nSPS) is 15.8. The van der Waals surface area contributed by atoms with Crippen LogP contribution in [0.5, 0.6) is 0 Å². The van der Waals surface area contributed by atoms with Gasteiger partial charge in [-0.2, -0.15) is 0 Å². The van der Waals surface area contributed by atoms with Crippen LogP contribution < -0.4 is 10.2 Å². The molecule has 2 heterocycles. The molecule has 1 fully saturated rings. The summed E-state index contributed by atoms with van der Waals surface area (Å²) in [6, 6.07) is 12.5. The van der Waals surface area contributed by atoms with Crippen LogP contribution in [-0.4, -0.2) is 47.0 Å². The molecule has 2 aromatic rings. The summed E-state index contributed by atoms with van der Waals surface area (Å²) in [7, 11) is 0. The fourth-order valence-corrected chi connectivity index (χ4v) is 3.09. The highest BCUT2D eigenvalue weighted by Gasteiger charge is 2.20. The zero-order valence-electron chi connectivity index (χ0n) is 15.1. The second-order valence-corrected chi connectivity index (χ2v) is 6.43. The fraction of sp³-hybridized carbons (Fsp3) is 0.421. The van der Waals surface area contributed by atoms with Gasteiger partial charge in [-0.05, 0) is 19.4 Å². The SMILES string of the molecule is CC(=O)N1CCN(c2cc(NC(C)c3ccccc3)nc(C)n2)CC1. The summed E-state index contributed by atoms with van der Waals surface area (Å²) in [5.74, 6) is 2.62. The Morgan fingerprint density at radius 3 is 2.44 bits per heavy atom. The third kappa shape index (κ3) is 4.26. The number of aryl methyl sites for hydroxylation is 1. The lowest BCUT2D eigenvalue weighted by molar-refractivity contribution is -0.129. The van der Waals surface area contributed by atoms with Gasteiger partial charge in [0.15, 0.2) is 0 Å². The molecule has 0 aliphatic carbocycles. The van der Waals surface area contributed by atoms with Crippen LogP contribution >= 0.6 is 0 Å². The number of hydrogen-bond donors (Lipinski definition) is 1. The molecule has 0 bridgehead atoms. The molecule has 6 nitrogen and oxygen atoms in total. The van der Waals surface area contributed by atoms with Gasteiger partial charge in [-0.15, -0.1) is 0 Å². The molecule has 0 radical (unpaired) electrons. The Labute approximate surface area is 148 Å². The Morgan fingerprint density at radius 2 is 1.80 bits per heavy atom. The summed E-state index contributed by atoms with van der Waals surface area (Å²) in [5, 5.41) is 3.46. The minimum atomic E-state index is 0.137. The first-order valence-electron chi connectivity index (χ1n) is 8.70. The van der Waals surface area contributed by atoms with Crippen LogP contribution in [0.3, 0.4) is 0 Å². The summed E-state index contributed by atoms with van der Waals surface area (Å²) in [6.07, 6.45) is 0. The van der Waals surface area contributed by atoms with Crippen molar-refractivity contribution in [2.24, 2.45) is 0 Å². The van der Waals surface area contributed by atoms with Crippen LogP contribution in [0.4, 0.5) is 11.6 Å². The van der Waals surface area contributed by atoms with Crippen molar-refractivity contribution in [3.05, 3.63) is 47.8 Å². The Balaban J connectivity index is 1.72. The quantitative estimate of drug-likeness (QED) is 0.928. The predicted molar refractivity (Wildman–Crippen MR) is 99.7 cm³/mol. The van der Waals surface area contributed by atoms with E-state index >= 15 is 0 Å². The summed E-state index contributed by atoms with van der Waals surface area (Å²) in [5.41, 5.74) is 1.22. The molecule has 132 valence electrons. The number of carbonyl (C=O) groups is 1. The van der Waals surface area contributed by atoms with Crippen LogP contribution in [0.15, 0.2) is 36.4 Å². The maximum absolute atomic E-state index is 11.5. The molecule has 25 heavy (non-hydrogen) atoms. The van der Waals surface area contributed by atoms with E-state index in [4.69, 9.17) is 0 Å². The first-order chi connectivity index (χ1) is 12.0. The zero-order valence-corrected chi connectivity index (χ0v) is 15.1. The number of rotatable bonds is 4. The van der Waals surface area contributed by atoms with E-state index in [-0.39, 0.29) is 11.9 Å². The van der Waals surface area contributed by atoms with Crippen molar-refractivity contribution in [1.29, 1.82) is 0 Å². The lowest BCUT2D eigenvalue weighted by Gasteiger charge is -2.35.